The monoisotopic (exact) mass is 439 g/mol. The Hall–Kier alpha value is -0.000000000000000167. The fraction of sp³-hybridized carbons (Fsp3) is 0.200. The largest absolute Gasteiger partial charge is 0.306 e. The normalized spacial score (nSPS) is 12.4. The third kappa shape index (κ3) is 3.80. The molecule has 0 aliphatic heterocycles. The Labute approximate surface area is 147 Å². The van der Waals surface area contributed by atoms with Crippen LogP contribution in [0.2, 0.25) is 15.1 Å². The van der Waals surface area contributed by atoms with Crippen molar-refractivity contribution in [2.24, 2.45) is 0 Å². The maximum absolute atomic E-state index is 6.31. The fourth-order valence-corrected chi connectivity index (χ4v) is 2.97. The quantitative estimate of drug-likeness (QED) is 0.580. The zero-order valence-electron chi connectivity index (χ0n) is 10.8. The SMILES string of the molecule is CCNC(c1ccc(I)c(Cl)c1)c1cc(Cl)ccc1Cl. The van der Waals surface area contributed by atoms with E-state index >= 15 is 0 Å². The standard InChI is InChI=1S/C15H13Cl3IN/c1-2-20-15(9-3-6-14(19)13(18)7-9)11-8-10(16)4-5-12(11)17/h3-8,15,20H,2H2,1H3. The molecule has 0 fully saturated rings. The maximum atomic E-state index is 6.31. The van der Waals surface area contributed by atoms with Crippen LogP contribution in [-0.4, -0.2) is 6.54 Å². The highest BCUT2D eigenvalue weighted by molar-refractivity contribution is 14.1. The second-order valence-corrected chi connectivity index (χ2v) is 6.74. The molecule has 0 saturated carbocycles. The first-order chi connectivity index (χ1) is 9.52. The van der Waals surface area contributed by atoms with E-state index in [1.54, 1.807) is 6.07 Å². The number of hydrogen-bond donors (Lipinski definition) is 1. The van der Waals surface area contributed by atoms with E-state index < -0.39 is 0 Å². The number of rotatable bonds is 4. The maximum Gasteiger partial charge on any atom is 0.0592 e. The van der Waals surface area contributed by atoms with Gasteiger partial charge in [0, 0.05) is 13.6 Å². The number of nitrogens with one attached hydrogen (secondary N) is 1. The molecule has 0 radical (unpaired) electrons. The smallest absolute Gasteiger partial charge is 0.0592 e. The van der Waals surface area contributed by atoms with E-state index in [9.17, 15) is 0 Å². The first kappa shape index (κ1) is 16.4. The lowest BCUT2D eigenvalue weighted by Crippen LogP contribution is -2.22. The van der Waals surface area contributed by atoms with Crippen LogP contribution in [0.3, 0.4) is 0 Å². The molecule has 0 aromatic heterocycles. The molecular formula is C15H13Cl3IN. The Kier molecular flexibility index (Phi) is 5.99. The van der Waals surface area contributed by atoms with Gasteiger partial charge in [-0.2, -0.15) is 0 Å². The highest BCUT2D eigenvalue weighted by atomic mass is 127. The van der Waals surface area contributed by atoms with Crippen molar-refractivity contribution in [3.05, 3.63) is 66.2 Å². The second kappa shape index (κ2) is 7.32. The summed E-state index contributed by atoms with van der Waals surface area (Å²) in [6.07, 6.45) is 0. The average molecular weight is 441 g/mol. The van der Waals surface area contributed by atoms with Crippen LogP contribution in [0, 0.1) is 3.57 Å². The van der Waals surface area contributed by atoms with Crippen LogP contribution in [0.1, 0.15) is 24.1 Å². The first-order valence-corrected chi connectivity index (χ1v) is 8.37. The van der Waals surface area contributed by atoms with Crippen molar-refractivity contribution in [1.29, 1.82) is 0 Å². The minimum absolute atomic E-state index is 0.0271. The molecule has 106 valence electrons. The molecule has 0 amide bonds. The molecule has 20 heavy (non-hydrogen) atoms. The molecule has 0 bridgehead atoms. The van der Waals surface area contributed by atoms with Crippen LogP contribution >= 0.6 is 57.4 Å². The third-order valence-corrected chi connectivity index (χ3v) is 5.11. The van der Waals surface area contributed by atoms with E-state index in [2.05, 4.69) is 40.9 Å². The van der Waals surface area contributed by atoms with Crippen molar-refractivity contribution in [2.75, 3.05) is 6.54 Å². The third-order valence-electron chi connectivity index (χ3n) is 2.95. The minimum Gasteiger partial charge on any atom is -0.306 e. The highest BCUT2D eigenvalue weighted by Gasteiger charge is 2.17. The van der Waals surface area contributed by atoms with Crippen molar-refractivity contribution in [2.45, 2.75) is 13.0 Å². The van der Waals surface area contributed by atoms with Crippen LogP contribution in [0.15, 0.2) is 36.4 Å². The van der Waals surface area contributed by atoms with Gasteiger partial charge in [-0.1, -0.05) is 47.8 Å². The summed E-state index contributed by atoms with van der Waals surface area (Å²) in [7, 11) is 0. The Balaban J connectivity index is 2.49. The molecule has 0 aliphatic carbocycles. The summed E-state index contributed by atoms with van der Waals surface area (Å²) in [6.45, 7) is 2.87. The minimum atomic E-state index is -0.0271. The number of hydrogen-bond acceptors (Lipinski definition) is 1. The second-order valence-electron chi connectivity index (χ2n) is 4.33. The molecule has 0 spiro atoms. The average Bonchev–Trinajstić information content (AvgIpc) is 2.42. The lowest BCUT2D eigenvalue weighted by molar-refractivity contribution is 0.631. The van der Waals surface area contributed by atoms with Crippen molar-refractivity contribution >= 4 is 57.4 Å². The summed E-state index contributed by atoms with van der Waals surface area (Å²) in [5.74, 6) is 0. The summed E-state index contributed by atoms with van der Waals surface area (Å²) in [6, 6.07) is 11.5. The van der Waals surface area contributed by atoms with E-state index in [4.69, 9.17) is 34.8 Å². The van der Waals surface area contributed by atoms with E-state index in [-0.39, 0.29) is 6.04 Å². The first-order valence-electron chi connectivity index (χ1n) is 6.16. The van der Waals surface area contributed by atoms with Crippen molar-refractivity contribution in [1.82, 2.24) is 5.32 Å². The molecule has 1 unspecified atom stereocenters. The molecular weight excluding hydrogens is 427 g/mol. The topological polar surface area (TPSA) is 12.0 Å². The van der Waals surface area contributed by atoms with Gasteiger partial charge in [0.25, 0.3) is 0 Å². The van der Waals surface area contributed by atoms with Gasteiger partial charge in [-0.25, -0.2) is 0 Å². The summed E-state index contributed by atoms with van der Waals surface area (Å²) in [5.41, 5.74) is 2.03. The van der Waals surface area contributed by atoms with E-state index in [0.29, 0.717) is 10.0 Å². The van der Waals surface area contributed by atoms with Gasteiger partial charge in [-0.05, 0) is 70.6 Å². The highest BCUT2D eigenvalue weighted by Crippen LogP contribution is 2.32. The summed E-state index contributed by atoms with van der Waals surface area (Å²) in [5, 5.41) is 5.53. The number of halogens is 4. The summed E-state index contributed by atoms with van der Waals surface area (Å²) >= 11 is 20.8. The van der Waals surface area contributed by atoms with Gasteiger partial charge in [0.2, 0.25) is 0 Å². The van der Waals surface area contributed by atoms with Crippen LogP contribution in [0.25, 0.3) is 0 Å². The molecule has 0 saturated heterocycles. The van der Waals surface area contributed by atoms with Crippen molar-refractivity contribution in [3.8, 4) is 0 Å². The van der Waals surface area contributed by atoms with Crippen LogP contribution in [0.4, 0.5) is 0 Å². The zero-order valence-corrected chi connectivity index (χ0v) is 15.2. The summed E-state index contributed by atoms with van der Waals surface area (Å²) < 4.78 is 1.03. The van der Waals surface area contributed by atoms with Crippen LogP contribution in [0.5, 0.6) is 0 Å². The Morgan fingerprint density at radius 1 is 1.05 bits per heavy atom. The van der Waals surface area contributed by atoms with Crippen LogP contribution in [-0.2, 0) is 0 Å². The summed E-state index contributed by atoms with van der Waals surface area (Å²) in [4.78, 5) is 0. The Bertz CT molecular complexity index is 616. The van der Waals surface area contributed by atoms with Gasteiger partial charge >= 0.3 is 0 Å². The fourth-order valence-electron chi connectivity index (χ4n) is 2.04. The van der Waals surface area contributed by atoms with Crippen molar-refractivity contribution in [3.63, 3.8) is 0 Å². The van der Waals surface area contributed by atoms with Gasteiger partial charge in [0.15, 0.2) is 0 Å². The Morgan fingerprint density at radius 3 is 2.45 bits per heavy atom. The molecule has 2 aromatic rings. The van der Waals surface area contributed by atoms with Gasteiger partial charge in [-0.15, -0.1) is 0 Å². The van der Waals surface area contributed by atoms with Gasteiger partial charge in [0.05, 0.1) is 11.1 Å². The van der Waals surface area contributed by atoms with Crippen molar-refractivity contribution < 1.29 is 0 Å². The predicted octanol–water partition coefficient (Wildman–Crippen LogP) is 5.95. The molecule has 1 nitrogen and oxygen atoms in total. The number of benzene rings is 2. The molecule has 1 atom stereocenters. The zero-order chi connectivity index (χ0) is 14.7. The lowest BCUT2D eigenvalue weighted by atomic mass is 9.98. The predicted molar refractivity (Wildman–Crippen MR) is 96.2 cm³/mol. The molecule has 0 heterocycles. The molecule has 5 heteroatoms. The van der Waals surface area contributed by atoms with E-state index in [1.807, 2.05) is 24.3 Å². The Morgan fingerprint density at radius 2 is 1.80 bits per heavy atom. The molecule has 0 aliphatic rings. The van der Waals surface area contributed by atoms with Crippen LogP contribution < -0.4 is 5.32 Å². The van der Waals surface area contributed by atoms with Gasteiger partial charge < -0.3 is 5.32 Å². The molecule has 2 aromatic carbocycles. The van der Waals surface area contributed by atoms with Gasteiger partial charge in [0.1, 0.15) is 0 Å². The van der Waals surface area contributed by atoms with Gasteiger partial charge in [-0.3, -0.25) is 0 Å². The van der Waals surface area contributed by atoms with E-state index in [1.165, 1.54) is 0 Å². The molecule has 2 rings (SSSR count). The van der Waals surface area contributed by atoms with E-state index in [0.717, 1.165) is 26.3 Å². The molecule has 1 N–H and O–H groups in total. The lowest BCUT2D eigenvalue weighted by Gasteiger charge is -2.21.